The highest BCUT2D eigenvalue weighted by molar-refractivity contribution is 9.10. The van der Waals surface area contributed by atoms with Crippen LogP contribution in [0.5, 0.6) is 0 Å². The maximum Gasteiger partial charge on any atom is 0.132 e. The van der Waals surface area contributed by atoms with Gasteiger partial charge in [-0.05, 0) is 34.7 Å². The zero-order valence-electron chi connectivity index (χ0n) is 11.1. The first-order chi connectivity index (χ1) is 8.06. The Hall–Kier alpha value is -0.640. The third kappa shape index (κ3) is 4.62. The Morgan fingerprint density at radius 3 is 2.53 bits per heavy atom. The predicted molar refractivity (Wildman–Crippen MR) is 76.3 cm³/mol. The number of rotatable bonds is 6. The molecule has 96 valence electrons. The molecule has 0 amide bonds. The van der Waals surface area contributed by atoms with Crippen LogP contribution in [-0.4, -0.2) is 16.0 Å². The van der Waals surface area contributed by atoms with Crippen molar-refractivity contribution >= 4 is 21.7 Å². The molecule has 0 saturated carbocycles. The second-order valence-electron chi connectivity index (χ2n) is 4.65. The molecular formula is C13H22BrN3. The number of nitrogens with zero attached hydrogens (tertiary/aromatic N) is 2. The van der Waals surface area contributed by atoms with Crippen molar-refractivity contribution in [2.24, 2.45) is 5.92 Å². The molecule has 0 aliphatic rings. The van der Waals surface area contributed by atoms with Gasteiger partial charge in [-0.3, -0.25) is 0 Å². The lowest BCUT2D eigenvalue weighted by Crippen LogP contribution is -2.25. The topological polar surface area (TPSA) is 37.8 Å². The minimum Gasteiger partial charge on any atom is -0.367 e. The number of hydrogen-bond acceptors (Lipinski definition) is 3. The zero-order chi connectivity index (χ0) is 12.8. The van der Waals surface area contributed by atoms with Crippen molar-refractivity contribution in [2.45, 2.75) is 53.0 Å². The van der Waals surface area contributed by atoms with Crippen LogP contribution in [0, 0.1) is 5.92 Å². The lowest BCUT2D eigenvalue weighted by atomic mass is 10.0. The van der Waals surface area contributed by atoms with Crippen LogP contribution in [-0.2, 0) is 6.42 Å². The largest absolute Gasteiger partial charge is 0.367 e. The molecule has 0 fully saturated rings. The van der Waals surface area contributed by atoms with Crippen molar-refractivity contribution in [3.63, 3.8) is 0 Å². The lowest BCUT2D eigenvalue weighted by molar-refractivity contribution is 0.509. The fourth-order valence-corrected chi connectivity index (χ4v) is 2.23. The van der Waals surface area contributed by atoms with E-state index in [2.05, 4.69) is 58.9 Å². The van der Waals surface area contributed by atoms with E-state index in [1.807, 2.05) is 6.07 Å². The number of aromatic nitrogens is 2. The highest BCUT2D eigenvalue weighted by atomic mass is 79.9. The van der Waals surface area contributed by atoms with Gasteiger partial charge in [0.25, 0.3) is 0 Å². The van der Waals surface area contributed by atoms with Gasteiger partial charge in [0.05, 0.1) is 0 Å². The lowest BCUT2D eigenvalue weighted by Gasteiger charge is -2.21. The summed E-state index contributed by atoms with van der Waals surface area (Å²) in [5.74, 6) is 2.43. The van der Waals surface area contributed by atoms with Crippen LogP contribution in [0.15, 0.2) is 10.7 Å². The van der Waals surface area contributed by atoms with E-state index in [1.165, 1.54) is 0 Å². The molecule has 0 aliphatic heterocycles. The Bertz CT molecular complexity index is 353. The minimum atomic E-state index is 0.464. The van der Waals surface area contributed by atoms with E-state index in [4.69, 9.17) is 0 Å². The summed E-state index contributed by atoms with van der Waals surface area (Å²) in [6, 6.07) is 2.41. The van der Waals surface area contributed by atoms with Gasteiger partial charge in [-0.2, -0.15) is 0 Å². The van der Waals surface area contributed by atoms with Gasteiger partial charge in [-0.1, -0.05) is 27.7 Å². The third-order valence-corrected chi connectivity index (χ3v) is 3.20. The number of nitrogens with one attached hydrogen (secondary N) is 1. The maximum absolute atomic E-state index is 4.54. The average molecular weight is 300 g/mol. The first-order valence-electron chi connectivity index (χ1n) is 6.36. The predicted octanol–water partition coefficient (Wildman–Crippen LogP) is 4.04. The summed E-state index contributed by atoms with van der Waals surface area (Å²) in [6.07, 6.45) is 3.09. The molecule has 1 aromatic heterocycles. The molecule has 1 aromatic rings. The molecular weight excluding hydrogens is 278 g/mol. The normalized spacial score (nSPS) is 12.8. The van der Waals surface area contributed by atoms with Gasteiger partial charge in [0.1, 0.15) is 16.2 Å². The van der Waals surface area contributed by atoms with Crippen molar-refractivity contribution in [2.75, 3.05) is 5.32 Å². The third-order valence-electron chi connectivity index (χ3n) is 2.79. The molecule has 1 N–H and O–H groups in total. The highest BCUT2D eigenvalue weighted by Gasteiger charge is 2.12. The van der Waals surface area contributed by atoms with Crippen LogP contribution < -0.4 is 5.32 Å². The molecule has 3 nitrogen and oxygen atoms in total. The molecule has 0 radical (unpaired) electrons. The van der Waals surface area contributed by atoms with Crippen LogP contribution >= 0.6 is 15.9 Å². The number of aryl methyl sites for hydroxylation is 1. The first kappa shape index (κ1) is 14.4. The molecule has 0 spiro atoms. The van der Waals surface area contributed by atoms with Crippen LogP contribution in [0.1, 0.15) is 46.4 Å². The first-order valence-corrected chi connectivity index (χ1v) is 7.16. The standard InChI is InChI=1S/C13H22BrN3/c1-5-7-12-16-11(14)8-13(17-12)15-10(6-2)9(3)4/h8-10H,5-7H2,1-4H3,(H,15,16,17). The van der Waals surface area contributed by atoms with Gasteiger partial charge in [0.2, 0.25) is 0 Å². The molecule has 0 aromatic carbocycles. The summed E-state index contributed by atoms with van der Waals surface area (Å²) in [4.78, 5) is 8.91. The van der Waals surface area contributed by atoms with Gasteiger partial charge in [0.15, 0.2) is 0 Å². The molecule has 1 unspecified atom stereocenters. The average Bonchev–Trinajstić information content (AvgIpc) is 2.25. The van der Waals surface area contributed by atoms with E-state index < -0.39 is 0 Å². The van der Waals surface area contributed by atoms with Crippen LogP contribution in [0.4, 0.5) is 5.82 Å². The van der Waals surface area contributed by atoms with Crippen LogP contribution in [0.25, 0.3) is 0 Å². The van der Waals surface area contributed by atoms with Crippen molar-refractivity contribution < 1.29 is 0 Å². The Morgan fingerprint density at radius 1 is 1.29 bits per heavy atom. The minimum absolute atomic E-state index is 0.464. The fourth-order valence-electron chi connectivity index (χ4n) is 1.80. The molecule has 0 aliphatic carbocycles. The van der Waals surface area contributed by atoms with Crippen molar-refractivity contribution in [3.05, 3.63) is 16.5 Å². The number of halogens is 1. The molecule has 0 bridgehead atoms. The Kier molecular flexibility index (Phi) is 5.89. The van der Waals surface area contributed by atoms with Crippen molar-refractivity contribution in [1.29, 1.82) is 0 Å². The Labute approximate surface area is 113 Å². The Balaban J connectivity index is 2.82. The molecule has 1 atom stereocenters. The van der Waals surface area contributed by atoms with Gasteiger partial charge < -0.3 is 5.32 Å². The van der Waals surface area contributed by atoms with Gasteiger partial charge >= 0.3 is 0 Å². The summed E-state index contributed by atoms with van der Waals surface area (Å²) >= 11 is 3.44. The molecule has 17 heavy (non-hydrogen) atoms. The van der Waals surface area contributed by atoms with Crippen molar-refractivity contribution in [1.82, 2.24) is 9.97 Å². The summed E-state index contributed by atoms with van der Waals surface area (Å²) in [7, 11) is 0. The summed E-state index contributed by atoms with van der Waals surface area (Å²) in [5, 5.41) is 3.49. The molecule has 1 heterocycles. The van der Waals surface area contributed by atoms with E-state index in [-0.39, 0.29) is 0 Å². The van der Waals surface area contributed by atoms with Gasteiger partial charge in [0, 0.05) is 18.5 Å². The Morgan fingerprint density at radius 2 is 2.00 bits per heavy atom. The second kappa shape index (κ2) is 6.94. The summed E-state index contributed by atoms with van der Waals surface area (Å²) < 4.78 is 0.858. The number of anilines is 1. The molecule has 1 rings (SSSR count). The van der Waals surface area contributed by atoms with E-state index in [0.717, 1.165) is 35.5 Å². The quantitative estimate of drug-likeness (QED) is 0.806. The van der Waals surface area contributed by atoms with Crippen molar-refractivity contribution in [3.8, 4) is 0 Å². The van der Waals surface area contributed by atoms with Crippen LogP contribution in [0.2, 0.25) is 0 Å². The summed E-state index contributed by atoms with van der Waals surface area (Å²) in [5.41, 5.74) is 0. The highest BCUT2D eigenvalue weighted by Crippen LogP contribution is 2.17. The second-order valence-corrected chi connectivity index (χ2v) is 5.46. The maximum atomic E-state index is 4.54. The van der Waals surface area contributed by atoms with E-state index in [1.54, 1.807) is 0 Å². The summed E-state index contributed by atoms with van der Waals surface area (Å²) in [6.45, 7) is 8.79. The van der Waals surface area contributed by atoms with Crippen LogP contribution in [0.3, 0.4) is 0 Å². The monoisotopic (exact) mass is 299 g/mol. The molecule has 4 heteroatoms. The molecule has 0 saturated heterocycles. The zero-order valence-corrected chi connectivity index (χ0v) is 12.7. The number of hydrogen-bond donors (Lipinski definition) is 1. The smallest absolute Gasteiger partial charge is 0.132 e. The van der Waals surface area contributed by atoms with E-state index in [9.17, 15) is 0 Å². The van der Waals surface area contributed by atoms with E-state index >= 15 is 0 Å². The van der Waals surface area contributed by atoms with Gasteiger partial charge in [-0.15, -0.1) is 0 Å². The SMILES string of the molecule is CCCc1nc(Br)cc(NC(CC)C(C)C)n1. The van der Waals surface area contributed by atoms with E-state index in [0.29, 0.717) is 12.0 Å². The van der Waals surface area contributed by atoms with Gasteiger partial charge in [-0.25, -0.2) is 9.97 Å². The fraction of sp³-hybridized carbons (Fsp3) is 0.692.